The summed E-state index contributed by atoms with van der Waals surface area (Å²) in [5.74, 6) is -0.818. The quantitative estimate of drug-likeness (QED) is 0.842. The molecule has 1 N–H and O–H groups in total. The highest BCUT2D eigenvalue weighted by Gasteiger charge is 2.26. The molecule has 0 spiro atoms. The van der Waals surface area contributed by atoms with E-state index in [2.05, 4.69) is 5.10 Å². The molecule has 17 heavy (non-hydrogen) atoms. The summed E-state index contributed by atoms with van der Waals surface area (Å²) >= 11 is 0. The summed E-state index contributed by atoms with van der Waals surface area (Å²) in [7, 11) is 0. The summed E-state index contributed by atoms with van der Waals surface area (Å²) in [4.78, 5) is 22.4. The van der Waals surface area contributed by atoms with Crippen molar-refractivity contribution in [2.24, 2.45) is 5.41 Å². The number of hydrogen-bond acceptors (Lipinski definition) is 3. The molecule has 1 aromatic rings. The first-order valence-corrected chi connectivity index (χ1v) is 5.60. The van der Waals surface area contributed by atoms with Gasteiger partial charge in [-0.05, 0) is 39.2 Å². The molecule has 1 heterocycles. The molecule has 0 saturated carbocycles. The molecule has 0 bridgehead atoms. The summed E-state index contributed by atoms with van der Waals surface area (Å²) < 4.78 is 1.37. The van der Waals surface area contributed by atoms with E-state index in [0.717, 1.165) is 5.56 Å². The predicted molar refractivity (Wildman–Crippen MR) is 63.9 cm³/mol. The fourth-order valence-corrected chi connectivity index (χ4v) is 1.47. The van der Waals surface area contributed by atoms with Gasteiger partial charge in [0.25, 0.3) is 5.56 Å². The summed E-state index contributed by atoms with van der Waals surface area (Å²) in [5, 5.41) is 12.9. The van der Waals surface area contributed by atoms with Gasteiger partial charge in [-0.25, -0.2) is 4.68 Å². The van der Waals surface area contributed by atoms with E-state index in [1.807, 2.05) is 6.92 Å². The summed E-state index contributed by atoms with van der Waals surface area (Å²) in [6.45, 7) is 5.63. The lowest BCUT2D eigenvalue weighted by Crippen LogP contribution is -2.26. The SMILES string of the molecule is Cc1cnn(CCCC(C)(C)C(=O)O)c(=O)c1. The molecule has 0 aliphatic rings. The van der Waals surface area contributed by atoms with Crippen molar-refractivity contribution in [1.82, 2.24) is 9.78 Å². The fraction of sp³-hybridized carbons (Fsp3) is 0.583. The smallest absolute Gasteiger partial charge is 0.309 e. The monoisotopic (exact) mass is 238 g/mol. The summed E-state index contributed by atoms with van der Waals surface area (Å²) in [6.07, 6.45) is 2.77. The van der Waals surface area contributed by atoms with Crippen LogP contribution in [0.25, 0.3) is 0 Å². The average molecular weight is 238 g/mol. The first-order valence-electron chi connectivity index (χ1n) is 5.60. The maximum atomic E-state index is 11.5. The highest BCUT2D eigenvalue weighted by atomic mass is 16.4. The Morgan fingerprint density at radius 1 is 1.53 bits per heavy atom. The van der Waals surface area contributed by atoms with Gasteiger partial charge < -0.3 is 5.11 Å². The zero-order chi connectivity index (χ0) is 13.1. The van der Waals surface area contributed by atoms with Crippen LogP contribution in [0.15, 0.2) is 17.1 Å². The highest BCUT2D eigenvalue weighted by Crippen LogP contribution is 2.22. The van der Waals surface area contributed by atoms with Crippen molar-refractivity contribution in [3.63, 3.8) is 0 Å². The molecular formula is C12H18N2O3. The van der Waals surface area contributed by atoms with E-state index >= 15 is 0 Å². The number of carbonyl (C=O) groups is 1. The van der Waals surface area contributed by atoms with Crippen LogP contribution < -0.4 is 5.56 Å². The van der Waals surface area contributed by atoms with Crippen molar-refractivity contribution < 1.29 is 9.90 Å². The minimum atomic E-state index is -0.818. The van der Waals surface area contributed by atoms with Gasteiger partial charge in [0.1, 0.15) is 0 Å². The second-order valence-electron chi connectivity index (χ2n) is 4.89. The van der Waals surface area contributed by atoms with Crippen LogP contribution in [0.3, 0.4) is 0 Å². The van der Waals surface area contributed by atoms with Gasteiger partial charge in [-0.1, -0.05) is 0 Å². The van der Waals surface area contributed by atoms with Gasteiger partial charge in [0.05, 0.1) is 11.6 Å². The lowest BCUT2D eigenvalue weighted by atomic mass is 9.88. The summed E-state index contributed by atoms with van der Waals surface area (Å²) in [6, 6.07) is 1.52. The van der Waals surface area contributed by atoms with Crippen LogP contribution in [0.1, 0.15) is 32.3 Å². The van der Waals surface area contributed by atoms with E-state index in [4.69, 9.17) is 5.11 Å². The van der Waals surface area contributed by atoms with Crippen molar-refractivity contribution in [3.8, 4) is 0 Å². The molecule has 0 unspecified atom stereocenters. The lowest BCUT2D eigenvalue weighted by molar-refractivity contribution is -0.147. The van der Waals surface area contributed by atoms with E-state index in [-0.39, 0.29) is 5.56 Å². The Kier molecular flexibility index (Phi) is 4.04. The third kappa shape index (κ3) is 3.69. The minimum absolute atomic E-state index is 0.141. The number of nitrogens with zero attached hydrogens (tertiary/aromatic N) is 2. The molecule has 0 atom stereocenters. The van der Waals surface area contributed by atoms with Gasteiger partial charge in [-0.15, -0.1) is 0 Å². The van der Waals surface area contributed by atoms with Gasteiger partial charge in [0, 0.05) is 12.6 Å². The van der Waals surface area contributed by atoms with Crippen LogP contribution >= 0.6 is 0 Å². The number of rotatable bonds is 5. The number of aryl methyl sites for hydroxylation is 2. The number of carboxylic acid groups (broad SMARTS) is 1. The van der Waals surface area contributed by atoms with Crippen LogP contribution in [0.4, 0.5) is 0 Å². The molecule has 5 nitrogen and oxygen atoms in total. The van der Waals surface area contributed by atoms with Crippen molar-refractivity contribution in [2.75, 3.05) is 0 Å². The highest BCUT2D eigenvalue weighted by molar-refractivity contribution is 5.73. The Balaban J connectivity index is 2.58. The second-order valence-corrected chi connectivity index (χ2v) is 4.89. The van der Waals surface area contributed by atoms with Crippen LogP contribution in [-0.2, 0) is 11.3 Å². The first kappa shape index (κ1) is 13.4. The maximum Gasteiger partial charge on any atom is 0.309 e. The van der Waals surface area contributed by atoms with Crippen molar-refractivity contribution in [3.05, 3.63) is 28.2 Å². The molecular weight excluding hydrogens is 220 g/mol. The normalized spacial score (nSPS) is 11.5. The topological polar surface area (TPSA) is 72.2 Å². The van der Waals surface area contributed by atoms with Crippen LogP contribution in [0.2, 0.25) is 0 Å². The standard InChI is InChI=1S/C12H18N2O3/c1-9-7-10(15)14(13-8-9)6-4-5-12(2,3)11(16)17/h7-8H,4-6H2,1-3H3,(H,16,17). The maximum absolute atomic E-state index is 11.5. The fourth-order valence-electron chi connectivity index (χ4n) is 1.47. The Bertz CT molecular complexity index is 463. The van der Waals surface area contributed by atoms with Crippen LogP contribution in [-0.4, -0.2) is 20.9 Å². The van der Waals surface area contributed by atoms with E-state index in [9.17, 15) is 9.59 Å². The van der Waals surface area contributed by atoms with Gasteiger partial charge >= 0.3 is 5.97 Å². The molecule has 0 aromatic carbocycles. The number of carboxylic acids is 1. The third-order valence-electron chi connectivity index (χ3n) is 2.76. The van der Waals surface area contributed by atoms with Gasteiger partial charge in [0.2, 0.25) is 0 Å². The Morgan fingerprint density at radius 2 is 2.18 bits per heavy atom. The van der Waals surface area contributed by atoms with Crippen LogP contribution in [0, 0.1) is 12.3 Å². The molecule has 5 heteroatoms. The molecule has 0 fully saturated rings. The molecule has 0 aliphatic heterocycles. The Morgan fingerprint density at radius 3 is 2.71 bits per heavy atom. The molecule has 1 aromatic heterocycles. The van der Waals surface area contributed by atoms with Gasteiger partial charge in [0.15, 0.2) is 0 Å². The zero-order valence-corrected chi connectivity index (χ0v) is 10.4. The number of hydrogen-bond donors (Lipinski definition) is 1. The van der Waals surface area contributed by atoms with Crippen molar-refractivity contribution >= 4 is 5.97 Å². The molecule has 0 amide bonds. The summed E-state index contributed by atoms with van der Waals surface area (Å²) in [5.41, 5.74) is -0.0656. The van der Waals surface area contributed by atoms with E-state index in [0.29, 0.717) is 19.4 Å². The largest absolute Gasteiger partial charge is 0.481 e. The molecule has 0 radical (unpaired) electrons. The van der Waals surface area contributed by atoms with Crippen molar-refractivity contribution in [2.45, 2.75) is 40.2 Å². The average Bonchev–Trinajstić information content (AvgIpc) is 2.21. The van der Waals surface area contributed by atoms with Gasteiger partial charge in [-0.2, -0.15) is 5.10 Å². The lowest BCUT2D eigenvalue weighted by Gasteiger charge is -2.18. The van der Waals surface area contributed by atoms with Gasteiger partial charge in [-0.3, -0.25) is 9.59 Å². The minimum Gasteiger partial charge on any atom is -0.481 e. The van der Waals surface area contributed by atoms with E-state index < -0.39 is 11.4 Å². The third-order valence-corrected chi connectivity index (χ3v) is 2.76. The molecule has 94 valence electrons. The molecule has 0 saturated heterocycles. The Hall–Kier alpha value is -1.65. The predicted octanol–water partition coefficient (Wildman–Crippen LogP) is 1.44. The zero-order valence-electron chi connectivity index (χ0n) is 10.4. The Labute approximate surface area is 100 Å². The van der Waals surface area contributed by atoms with E-state index in [1.165, 1.54) is 10.7 Å². The van der Waals surface area contributed by atoms with E-state index in [1.54, 1.807) is 20.0 Å². The number of aliphatic carboxylic acids is 1. The molecule has 0 aliphatic carbocycles. The van der Waals surface area contributed by atoms with Crippen molar-refractivity contribution in [1.29, 1.82) is 0 Å². The van der Waals surface area contributed by atoms with Crippen LogP contribution in [0.5, 0.6) is 0 Å². The first-order chi connectivity index (χ1) is 7.83. The number of aromatic nitrogens is 2. The molecule has 1 rings (SSSR count). The second kappa shape index (κ2) is 5.12.